The van der Waals surface area contributed by atoms with Gasteiger partial charge in [-0.3, -0.25) is 0 Å². The summed E-state index contributed by atoms with van der Waals surface area (Å²) < 4.78 is 15.5. The Morgan fingerprint density at radius 1 is 1.43 bits per heavy atom. The van der Waals surface area contributed by atoms with Gasteiger partial charge in [0.15, 0.2) is 0 Å². The summed E-state index contributed by atoms with van der Waals surface area (Å²) in [5.74, 6) is -0.188. The molecular formula is C11H13FN2. The third kappa shape index (κ3) is 1.06. The number of hydrogen-bond acceptors (Lipinski definition) is 1. The molecule has 3 heteroatoms. The normalized spacial score (nSPS) is 11.1. The van der Waals surface area contributed by atoms with Gasteiger partial charge < -0.3 is 10.3 Å². The molecule has 2 rings (SSSR count). The Morgan fingerprint density at radius 2 is 2.14 bits per heavy atom. The molecule has 14 heavy (non-hydrogen) atoms. The molecule has 0 saturated heterocycles. The number of halogens is 1. The molecule has 0 fully saturated rings. The predicted molar refractivity (Wildman–Crippen MR) is 55.5 cm³/mol. The zero-order chi connectivity index (χ0) is 10.3. The lowest BCUT2D eigenvalue weighted by atomic mass is 10.1. The van der Waals surface area contributed by atoms with Crippen molar-refractivity contribution in [3.8, 4) is 0 Å². The second kappa shape index (κ2) is 3.10. The summed E-state index contributed by atoms with van der Waals surface area (Å²) in [7, 11) is 1.93. The number of fused-ring (bicyclic) bond motifs is 1. The van der Waals surface area contributed by atoms with E-state index in [1.807, 2.05) is 24.6 Å². The number of benzene rings is 1. The molecule has 2 aromatic rings. The van der Waals surface area contributed by atoms with Gasteiger partial charge >= 0.3 is 0 Å². The van der Waals surface area contributed by atoms with E-state index in [0.717, 1.165) is 16.8 Å². The van der Waals surface area contributed by atoms with Crippen LogP contribution in [0.4, 0.5) is 4.39 Å². The van der Waals surface area contributed by atoms with Crippen molar-refractivity contribution in [2.75, 3.05) is 0 Å². The third-order valence-corrected chi connectivity index (χ3v) is 2.80. The molecule has 0 saturated carbocycles. The fraction of sp³-hybridized carbons (Fsp3) is 0.273. The number of rotatable bonds is 1. The van der Waals surface area contributed by atoms with E-state index in [-0.39, 0.29) is 5.82 Å². The van der Waals surface area contributed by atoms with Crippen molar-refractivity contribution in [3.63, 3.8) is 0 Å². The summed E-state index contributed by atoms with van der Waals surface area (Å²) >= 11 is 0. The molecule has 1 heterocycles. The first kappa shape index (κ1) is 9.21. The first-order chi connectivity index (χ1) is 6.66. The van der Waals surface area contributed by atoms with E-state index in [1.165, 1.54) is 6.07 Å². The van der Waals surface area contributed by atoms with Gasteiger partial charge in [-0.05, 0) is 24.6 Å². The standard InChI is InChI=1S/C11H13FN2/c1-7-8(6-13)11-9(12)4-3-5-10(11)14(7)2/h3-5H,6,13H2,1-2H3. The molecule has 0 amide bonds. The second-order valence-electron chi connectivity index (χ2n) is 3.46. The van der Waals surface area contributed by atoms with E-state index in [2.05, 4.69) is 0 Å². The summed E-state index contributed by atoms with van der Waals surface area (Å²) in [6, 6.07) is 5.10. The maximum Gasteiger partial charge on any atom is 0.132 e. The smallest absolute Gasteiger partial charge is 0.132 e. The highest BCUT2D eigenvalue weighted by Crippen LogP contribution is 2.26. The minimum Gasteiger partial charge on any atom is -0.348 e. The van der Waals surface area contributed by atoms with Crippen LogP contribution in [0.25, 0.3) is 10.9 Å². The molecule has 0 atom stereocenters. The Balaban J connectivity index is 2.96. The van der Waals surface area contributed by atoms with Crippen LogP contribution in [0.2, 0.25) is 0 Å². The Morgan fingerprint density at radius 3 is 2.79 bits per heavy atom. The van der Waals surface area contributed by atoms with Crippen LogP contribution in [0.1, 0.15) is 11.3 Å². The highest BCUT2D eigenvalue weighted by atomic mass is 19.1. The minimum atomic E-state index is -0.188. The number of nitrogens with two attached hydrogens (primary N) is 1. The van der Waals surface area contributed by atoms with Crippen molar-refractivity contribution in [1.29, 1.82) is 0 Å². The van der Waals surface area contributed by atoms with Crippen molar-refractivity contribution in [2.45, 2.75) is 13.5 Å². The van der Waals surface area contributed by atoms with E-state index in [4.69, 9.17) is 5.73 Å². The number of aromatic nitrogens is 1. The molecular weight excluding hydrogens is 179 g/mol. The highest BCUT2D eigenvalue weighted by molar-refractivity contribution is 5.86. The van der Waals surface area contributed by atoms with Crippen LogP contribution >= 0.6 is 0 Å². The van der Waals surface area contributed by atoms with Crippen molar-refractivity contribution in [1.82, 2.24) is 4.57 Å². The average Bonchev–Trinajstić information content (AvgIpc) is 2.43. The Labute approximate surface area is 82.1 Å². The third-order valence-electron chi connectivity index (χ3n) is 2.80. The molecule has 0 radical (unpaired) electrons. The highest BCUT2D eigenvalue weighted by Gasteiger charge is 2.13. The van der Waals surface area contributed by atoms with Crippen molar-refractivity contribution < 1.29 is 4.39 Å². The quantitative estimate of drug-likeness (QED) is 0.736. The SMILES string of the molecule is Cc1c(CN)c2c(F)cccc2n1C. The van der Waals surface area contributed by atoms with Gasteiger partial charge in [-0.2, -0.15) is 0 Å². The van der Waals surface area contributed by atoms with Gasteiger partial charge in [0, 0.05) is 24.7 Å². The van der Waals surface area contributed by atoms with E-state index < -0.39 is 0 Å². The summed E-state index contributed by atoms with van der Waals surface area (Å²) in [6.07, 6.45) is 0. The molecule has 2 N–H and O–H groups in total. The predicted octanol–water partition coefficient (Wildman–Crippen LogP) is 2.08. The monoisotopic (exact) mass is 192 g/mol. The van der Waals surface area contributed by atoms with Crippen molar-refractivity contribution in [3.05, 3.63) is 35.3 Å². The molecule has 2 nitrogen and oxygen atoms in total. The van der Waals surface area contributed by atoms with E-state index in [9.17, 15) is 4.39 Å². The Hall–Kier alpha value is -1.35. The Bertz CT molecular complexity index is 485. The van der Waals surface area contributed by atoms with E-state index >= 15 is 0 Å². The number of hydrogen-bond donors (Lipinski definition) is 1. The molecule has 0 aliphatic carbocycles. The molecule has 1 aromatic carbocycles. The van der Waals surface area contributed by atoms with Crippen LogP contribution < -0.4 is 5.73 Å². The first-order valence-electron chi connectivity index (χ1n) is 4.59. The summed E-state index contributed by atoms with van der Waals surface area (Å²) in [6.45, 7) is 2.34. The number of nitrogens with zero attached hydrogens (tertiary/aromatic N) is 1. The average molecular weight is 192 g/mol. The van der Waals surface area contributed by atoms with Crippen LogP contribution in [0.15, 0.2) is 18.2 Å². The van der Waals surface area contributed by atoms with Crippen molar-refractivity contribution in [2.24, 2.45) is 12.8 Å². The van der Waals surface area contributed by atoms with Crippen LogP contribution in [0.5, 0.6) is 0 Å². The molecule has 0 bridgehead atoms. The van der Waals surface area contributed by atoms with Gasteiger partial charge in [-0.25, -0.2) is 4.39 Å². The van der Waals surface area contributed by atoms with E-state index in [0.29, 0.717) is 11.9 Å². The first-order valence-corrected chi connectivity index (χ1v) is 4.59. The van der Waals surface area contributed by atoms with E-state index in [1.54, 1.807) is 6.07 Å². The number of aryl methyl sites for hydroxylation is 1. The minimum absolute atomic E-state index is 0.188. The lowest BCUT2D eigenvalue weighted by Crippen LogP contribution is -1.99. The zero-order valence-corrected chi connectivity index (χ0v) is 8.34. The van der Waals surface area contributed by atoms with Crippen LogP contribution in [0, 0.1) is 12.7 Å². The molecule has 0 aliphatic rings. The van der Waals surface area contributed by atoms with Gasteiger partial charge in [0.25, 0.3) is 0 Å². The van der Waals surface area contributed by atoms with Crippen LogP contribution in [-0.4, -0.2) is 4.57 Å². The Kier molecular flexibility index (Phi) is 2.04. The van der Waals surface area contributed by atoms with Crippen LogP contribution in [0.3, 0.4) is 0 Å². The second-order valence-corrected chi connectivity index (χ2v) is 3.46. The fourth-order valence-corrected chi connectivity index (χ4v) is 1.90. The van der Waals surface area contributed by atoms with Gasteiger partial charge in [0.1, 0.15) is 5.82 Å². The lowest BCUT2D eigenvalue weighted by Gasteiger charge is -1.97. The van der Waals surface area contributed by atoms with Gasteiger partial charge in [-0.15, -0.1) is 0 Å². The summed E-state index contributed by atoms with van der Waals surface area (Å²) in [5, 5.41) is 0.662. The molecule has 74 valence electrons. The largest absolute Gasteiger partial charge is 0.348 e. The molecule has 1 aromatic heterocycles. The van der Waals surface area contributed by atoms with Gasteiger partial charge in [-0.1, -0.05) is 6.07 Å². The van der Waals surface area contributed by atoms with Gasteiger partial charge in [0.2, 0.25) is 0 Å². The molecule has 0 spiro atoms. The van der Waals surface area contributed by atoms with Gasteiger partial charge in [0.05, 0.1) is 5.52 Å². The summed E-state index contributed by atoms with van der Waals surface area (Å²) in [5.41, 5.74) is 8.46. The maximum absolute atomic E-state index is 13.6. The summed E-state index contributed by atoms with van der Waals surface area (Å²) in [4.78, 5) is 0. The zero-order valence-electron chi connectivity index (χ0n) is 8.34. The fourth-order valence-electron chi connectivity index (χ4n) is 1.90. The topological polar surface area (TPSA) is 30.9 Å². The van der Waals surface area contributed by atoms with Crippen LogP contribution in [-0.2, 0) is 13.6 Å². The molecule has 0 unspecified atom stereocenters. The van der Waals surface area contributed by atoms with Crippen molar-refractivity contribution >= 4 is 10.9 Å². The lowest BCUT2D eigenvalue weighted by molar-refractivity contribution is 0.639. The molecule has 0 aliphatic heterocycles. The maximum atomic E-state index is 13.6.